The molecule has 1 aliphatic heterocycles. The SMILES string of the molecule is COC1(C2(OC)CCC3(CC2)OCCO3)CCCCC1. The van der Waals surface area contributed by atoms with Crippen molar-refractivity contribution in [3.63, 3.8) is 0 Å². The van der Waals surface area contributed by atoms with Crippen LogP contribution in [0.25, 0.3) is 0 Å². The molecule has 1 heterocycles. The highest BCUT2D eigenvalue weighted by molar-refractivity contribution is 5.07. The lowest BCUT2D eigenvalue weighted by Crippen LogP contribution is -2.61. The zero-order valence-electron chi connectivity index (χ0n) is 12.9. The second-order valence-electron chi connectivity index (χ2n) is 6.57. The smallest absolute Gasteiger partial charge is 0.168 e. The van der Waals surface area contributed by atoms with Gasteiger partial charge in [0.15, 0.2) is 5.79 Å². The van der Waals surface area contributed by atoms with Gasteiger partial charge in [0.05, 0.1) is 24.4 Å². The molecule has 0 radical (unpaired) electrons. The van der Waals surface area contributed by atoms with Gasteiger partial charge in [0.25, 0.3) is 0 Å². The average Bonchev–Trinajstić information content (AvgIpc) is 2.97. The highest BCUT2D eigenvalue weighted by Gasteiger charge is 2.57. The molecule has 3 aliphatic rings. The zero-order valence-corrected chi connectivity index (χ0v) is 12.9. The van der Waals surface area contributed by atoms with Gasteiger partial charge in [0.2, 0.25) is 0 Å². The van der Waals surface area contributed by atoms with E-state index in [0.29, 0.717) is 0 Å². The summed E-state index contributed by atoms with van der Waals surface area (Å²) in [5.41, 5.74) is -0.275. The number of methoxy groups -OCH3 is 2. The topological polar surface area (TPSA) is 36.9 Å². The van der Waals surface area contributed by atoms with Gasteiger partial charge in [-0.3, -0.25) is 0 Å². The molecule has 0 aromatic rings. The van der Waals surface area contributed by atoms with Crippen molar-refractivity contribution in [3.8, 4) is 0 Å². The normalized spacial score (nSPS) is 31.5. The van der Waals surface area contributed by atoms with E-state index in [4.69, 9.17) is 18.9 Å². The molecule has 1 spiro atoms. The molecule has 2 aliphatic carbocycles. The van der Waals surface area contributed by atoms with Crippen molar-refractivity contribution in [1.82, 2.24) is 0 Å². The fraction of sp³-hybridized carbons (Fsp3) is 1.00. The Morgan fingerprint density at radius 1 is 0.650 bits per heavy atom. The summed E-state index contributed by atoms with van der Waals surface area (Å²) in [5, 5.41) is 0. The van der Waals surface area contributed by atoms with Gasteiger partial charge in [-0.05, 0) is 25.7 Å². The van der Waals surface area contributed by atoms with Gasteiger partial charge in [-0.25, -0.2) is 0 Å². The molecule has 2 saturated carbocycles. The predicted octanol–water partition coefficient (Wildman–Crippen LogP) is 3.04. The molecule has 3 fully saturated rings. The van der Waals surface area contributed by atoms with E-state index in [-0.39, 0.29) is 17.0 Å². The maximum atomic E-state index is 6.08. The molecule has 4 nitrogen and oxygen atoms in total. The van der Waals surface area contributed by atoms with Gasteiger partial charge in [0, 0.05) is 27.1 Å². The summed E-state index contributed by atoms with van der Waals surface area (Å²) in [4.78, 5) is 0. The molecule has 1 saturated heterocycles. The van der Waals surface area contributed by atoms with Crippen molar-refractivity contribution in [2.24, 2.45) is 0 Å². The quantitative estimate of drug-likeness (QED) is 0.798. The molecule has 20 heavy (non-hydrogen) atoms. The van der Waals surface area contributed by atoms with E-state index in [1.54, 1.807) is 0 Å². The molecular weight excluding hydrogens is 256 g/mol. The Hall–Kier alpha value is -0.160. The number of ether oxygens (including phenoxy) is 4. The summed E-state index contributed by atoms with van der Waals surface area (Å²) >= 11 is 0. The lowest BCUT2D eigenvalue weighted by atomic mass is 9.65. The molecule has 0 aromatic carbocycles. The Morgan fingerprint density at radius 2 is 1.15 bits per heavy atom. The highest BCUT2D eigenvalue weighted by Crippen LogP contribution is 2.52. The summed E-state index contributed by atoms with van der Waals surface area (Å²) in [6.45, 7) is 1.46. The summed E-state index contributed by atoms with van der Waals surface area (Å²) < 4.78 is 23.8. The van der Waals surface area contributed by atoms with Gasteiger partial charge in [-0.2, -0.15) is 0 Å². The van der Waals surface area contributed by atoms with Crippen molar-refractivity contribution in [3.05, 3.63) is 0 Å². The van der Waals surface area contributed by atoms with Crippen LogP contribution in [0.2, 0.25) is 0 Å². The minimum atomic E-state index is -0.328. The first-order chi connectivity index (χ1) is 9.70. The van der Waals surface area contributed by atoms with E-state index in [1.165, 1.54) is 19.3 Å². The third kappa shape index (κ3) is 2.21. The van der Waals surface area contributed by atoms with Crippen LogP contribution in [0.4, 0.5) is 0 Å². The van der Waals surface area contributed by atoms with Crippen molar-refractivity contribution < 1.29 is 18.9 Å². The van der Waals surface area contributed by atoms with E-state index < -0.39 is 0 Å². The lowest BCUT2D eigenvalue weighted by Gasteiger charge is -2.54. The van der Waals surface area contributed by atoms with E-state index in [2.05, 4.69) is 0 Å². The summed E-state index contributed by atoms with van der Waals surface area (Å²) in [6, 6.07) is 0. The molecule has 0 amide bonds. The minimum Gasteiger partial charge on any atom is -0.375 e. The fourth-order valence-corrected chi connectivity index (χ4v) is 4.63. The Kier molecular flexibility index (Phi) is 4.10. The monoisotopic (exact) mass is 284 g/mol. The molecule has 0 aromatic heterocycles. The summed E-state index contributed by atoms with van der Waals surface area (Å²) in [5.74, 6) is -0.328. The number of rotatable bonds is 3. The van der Waals surface area contributed by atoms with Crippen LogP contribution < -0.4 is 0 Å². The standard InChI is InChI=1S/C16H28O4/c1-17-14(6-4-3-5-7-14)15(18-2)8-10-16(11-9-15)19-12-13-20-16/h3-13H2,1-2H3. The molecule has 4 heteroatoms. The molecule has 3 rings (SSSR count). The first-order valence-electron chi connectivity index (χ1n) is 8.08. The van der Waals surface area contributed by atoms with Gasteiger partial charge >= 0.3 is 0 Å². The van der Waals surface area contributed by atoms with Crippen LogP contribution >= 0.6 is 0 Å². The van der Waals surface area contributed by atoms with Crippen LogP contribution in [0.5, 0.6) is 0 Å². The van der Waals surface area contributed by atoms with E-state index in [1.807, 2.05) is 14.2 Å². The van der Waals surface area contributed by atoms with Gasteiger partial charge < -0.3 is 18.9 Å². The lowest BCUT2D eigenvalue weighted by molar-refractivity contribution is -0.258. The van der Waals surface area contributed by atoms with Gasteiger partial charge in [-0.1, -0.05) is 19.3 Å². The van der Waals surface area contributed by atoms with E-state index in [9.17, 15) is 0 Å². The fourth-order valence-electron chi connectivity index (χ4n) is 4.63. The van der Waals surface area contributed by atoms with E-state index in [0.717, 1.165) is 51.7 Å². The molecule has 0 N–H and O–H groups in total. The molecule has 0 unspecified atom stereocenters. The Bertz CT molecular complexity index is 319. The van der Waals surface area contributed by atoms with Crippen LogP contribution in [-0.4, -0.2) is 44.4 Å². The summed E-state index contributed by atoms with van der Waals surface area (Å²) in [7, 11) is 3.71. The van der Waals surface area contributed by atoms with E-state index >= 15 is 0 Å². The maximum Gasteiger partial charge on any atom is 0.168 e. The first kappa shape index (κ1) is 14.8. The van der Waals surface area contributed by atoms with Crippen LogP contribution in [0, 0.1) is 0 Å². The highest BCUT2D eigenvalue weighted by atomic mass is 16.7. The minimum absolute atomic E-state index is 0.111. The predicted molar refractivity (Wildman–Crippen MR) is 75.7 cm³/mol. The Morgan fingerprint density at radius 3 is 1.65 bits per heavy atom. The second-order valence-corrected chi connectivity index (χ2v) is 6.57. The third-order valence-corrected chi connectivity index (χ3v) is 5.91. The molecular formula is C16H28O4. The zero-order chi connectivity index (χ0) is 14.1. The van der Waals surface area contributed by atoms with Crippen molar-refractivity contribution >= 4 is 0 Å². The second kappa shape index (κ2) is 5.56. The van der Waals surface area contributed by atoms with Crippen molar-refractivity contribution in [2.45, 2.75) is 74.8 Å². The number of hydrogen-bond acceptors (Lipinski definition) is 4. The Balaban J connectivity index is 1.78. The van der Waals surface area contributed by atoms with Crippen LogP contribution in [0.1, 0.15) is 57.8 Å². The number of hydrogen-bond donors (Lipinski definition) is 0. The Labute approximate surface area is 122 Å². The molecule has 0 bridgehead atoms. The van der Waals surface area contributed by atoms with Crippen LogP contribution in [0.3, 0.4) is 0 Å². The van der Waals surface area contributed by atoms with Crippen molar-refractivity contribution in [2.75, 3.05) is 27.4 Å². The van der Waals surface area contributed by atoms with Crippen molar-refractivity contribution in [1.29, 1.82) is 0 Å². The third-order valence-electron chi connectivity index (χ3n) is 5.91. The first-order valence-corrected chi connectivity index (χ1v) is 8.08. The van der Waals surface area contributed by atoms with Crippen LogP contribution in [-0.2, 0) is 18.9 Å². The average molecular weight is 284 g/mol. The molecule has 116 valence electrons. The van der Waals surface area contributed by atoms with Gasteiger partial charge in [0.1, 0.15) is 0 Å². The van der Waals surface area contributed by atoms with Crippen LogP contribution in [0.15, 0.2) is 0 Å². The molecule has 0 atom stereocenters. The largest absolute Gasteiger partial charge is 0.375 e. The summed E-state index contributed by atoms with van der Waals surface area (Å²) in [6.07, 6.45) is 9.83. The van der Waals surface area contributed by atoms with Gasteiger partial charge in [-0.15, -0.1) is 0 Å². The maximum absolute atomic E-state index is 6.08.